The molecule has 1 nitrogen and oxygen atoms in total. The Morgan fingerprint density at radius 2 is 1.50 bits per heavy atom. The summed E-state index contributed by atoms with van der Waals surface area (Å²) in [4.78, 5) is 0. The van der Waals surface area contributed by atoms with E-state index in [1.807, 2.05) is 12.3 Å². The summed E-state index contributed by atoms with van der Waals surface area (Å²) < 4.78 is 5.83. The lowest BCUT2D eigenvalue weighted by Crippen LogP contribution is -1.85. The Labute approximate surface area is 117 Å². The topological polar surface area (TPSA) is 13.1 Å². The van der Waals surface area contributed by atoms with E-state index in [0.29, 0.717) is 0 Å². The van der Waals surface area contributed by atoms with E-state index in [4.69, 9.17) is 4.42 Å². The summed E-state index contributed by atoms with van der Waals surface area (Å²) in [5.41, 5.74) is 3.55. The zero-order chi connectivity index (χ0) is 13.4. The van der Waals surface area contributed by atoms with Crippen molar-refractivity contribution >= 4 is 21.7 Å². The number of benzene rings is 3. The summed E-state index contributed by atoms with van der Waals surface area (Å²) in [5, 5.41) is 3.62. The van der Waals surface area contributed by atoms with E-state index in [0.717, 1.165) is 12.0 Å². The zero-order valence-corrected chi connectivity index (χ0v) is 11.0. The average molecular weight is 258 g/mol. The van der Waals surface area contributed by atoms with Gasteiger partial charge in [-0.2, -0.15) is 0 Å². The molecule has 0 fully saturated rings. The largest absolute Gasteiger partial charge is 0.463 e. The molecule has 0 spiro atoms. The van der Waals surface area contributed by atoms with Crippen molar-refractivity contribution < 1.29 is 4.42 Å². The maximum atomic E-state index is 5.83. The van der Waals surface area contributed by atoms with Crippen LogP contribution in [0.5, 0.6) is 0 Å². The molecule has 4 aromatic rings. The van der Waals surface area contributed by atoms with E-state index in [1.165, 1.54) is 27.3 Å². The SMILES string of the molecule is c1ccc(Cc2coc3c2ccc2ccccc23)cc1. The summed E-state index contributed by atoms with van der Waals surface area (Å²) in [6, 6.07) is 23.2. The van der Waals surface area contributed by atoms with E-state index in [1.54, 1.807) is 0 Å². The van der Waals surface area contributed by atoms with Gasteiger partial charge in [0.05, 0.1) is 6.26 Å². The Morgan fingerprint density at radius 3 is 2.40 bits per heavy atom. The minimum Gasteiger partial charge on any atom is -0.463 e. The quantitative estimate of drug-likeness (QED) is 0.483. The molecule has 0 radical (unpaired) electrons. The third kappa shape index (κ3) is 1.79. The molecule has 0 aliphatic carbocycles. The molecule has 1 heterocycles. The highest BCUT2D eigenvalue weighted by atomic mass is 16.3. The highest BCUT2D eigenvalue weighted by molar-refractivity contribution is 6.05. The molecule has 0 unspecified atom stereocenters. The maximum absolute atomic E-state index is 5.83. The van der Waals surface area contributed by atoms with Gasteiger partial charge in [0.2, 0.25) is 0 Å². The first-order valence-corrected chi connectivity index (χ1v) is 6.83. The molecule has 0 saturated carbocycles. The normalized spacial score (nSPS) is 11.2. The van der Waals surface area contributed by atoms with Gasteiger partial charge in [0, 0.05) is 22.8 Å². The number of furan rings is 1. The summed E-state index contributed by atoms with van der Waals surface area (Å²) in [5.74, 6) is 0. The molecule has 0 saturated heterocycles. The predicted molar refractivity (Wildman–Crippen MR) is 83.0 cm³/mol. The monoisotopic (exact) mass is 258 g/mol. The number of hydrogen-bond acceptors (Lipinski definition) is 1. The Morgan fingerprint density at radius 1 is 0.700 bits per heavy atom. The van der Waals surface area contributed by atoms with Crippen molar-refractivity contribution in [3.05, 3.63) is 84.1 Å². The molecule has 0 atom stereocenters. The van der Waals surface area contributed by atoms with Crippen molar-refractivity contribution in [3.63, 3.8) is 0 Å². The minimum absolute atomic E-state index is 0.909. The number of fused-ring (bicyclic) bond motifs is 3. The fraction of sp³-hybridized carbons (Fsp3) is 0.0526. The molecular weight excluding hydrogens is 244 g/mol. The lowest BCUT2D eigenvalue weighted by molar-refractivity contribution is 0.615. The Hall–Kier alpha value is -2.54. The van der Waals surface area contributed by atoms with Crippen LogP contribution in [0.15, 0.2) is 77.4 Å². The van der Waals surface area contributed by atoms with Gasteiger partial charge in [-0.15, -0.1) is 0 Å². The van der Waals surface area contributed by atoms with Crippen molar-refractivity contribution in [2.24, 2.45) is 0 Å². The fourth-order valence-electron chi connectivity index (χ4n) is 2.77. The third-order valence-corrected chi connectivity index (χ3v) is 3.78. The van der Waals surface area contributed by atoms with Gasteiger partial charge < -0.3 is 4.42 Å². The lowest BCUT2D eigenvalue weighted by Gasteiger charge is -2.01. The van der Waals surface area contributed by atoms with Gasteiger partial charge in [-0.25, -0.2) is 0 Å². The second-order valence-electron chi connectivity index (χ2n) is 5.09. The second-order valence-corrected chi connectivity index (χ2v) is 5.09. The van der Waals surface area contributed by atoms with Gasteiger partial charge in [-0.1, -0.05) is 66.7 Å². The van der Waals surface area contributed by atoms with Crippen LogP contribution in [0.3, 0.4) is 0 Å². The molecule has 0 bridgehead atoms. The van der Waals surface area contributed by atoms with Gasteiger partial charge in [0.25, 0.3) is 0 Å². The Balaban J connectivity index is 1.88. The molecule has 20 heavy (non-hydrogen) atoms. The van der Waals surface area contributed by atoms with Crippen LogP contribution in [-0.2, 0) is 6.42 Å². The molecule has 96 valence electrons. The highest BCUT2D eigenvalue weighted by Gasteiger charge is 2.09. The molecule has 4 rings (SSSR count). The summed E-state index contributed by atoms with van der Waals surface area (Å²) in [6.45, 7) is 0. The summed E-state index contributed by atoms with van der Waals surface area (Å²) in [7, 11) is 0. The van der Waals surface area contributed by atoms with Crippen molar-refractivity contribution in [1.82, 2.24) is 0 Å². The van der Waals surface area contributed by atoms with Crippen LogP contribution in [0.25, 0.3) is 21.7 Å². The molecule has 0 aliphatic rings. The van der Waals surface area contributed by atoms with Gasteiger partial charge in [-0.05, 0) is 10.9 Å². The lowest BCUT2D eigenvalue weighted by atomic mass is 10.0. The van der Waals surface area contributed by atoms with Gasteiger partial charge >= 0.3 is 0 Å². The molecule has 1 aromatic heterocycles. The highest BCUT2D eigenvalue weighted by Crippen LogP contribution is 2.30. The molecule has 3 aromatic carbocycles. The average Bonchev–Trinajstić information content (AvgIpc) is 2.92. The summed E-state index contributed by atoms with van der Waals surface area (Å²) >= 11 is 0. The van der Waals surface area contributed by atoms with E-state index < -0.39 is 0 Å². The van der Waals surface area contributed by atoms with Crippen LogP contribution in [-0.4, -0.2) is 0 Å². The van der Waals surface area contributed by atoms with Crippen LogP contribution in [0.2, 0.25) is 0 Å². The van der Waals surface area contributed by atoms with Crippen LogP contribution >= 0.6 is 0 Å². The molecular formula is C19H14O. The van der Waals surface area contributed by atoms with Crippen molar-refractivity contribution in [3.8, 4) is 0 Å². The van der Waals surface area contributed by atoms with Crippen LogP contribution in [0.1, 0.15) is 11.1 Å². The second kappa shape index (κ2) is 4.53. The Kier molecular flexibility index (Phi) is 2.56. The first-order chi connectivity index (χ1) is 9.92. The number of rotatable bonds is 2. The van der Waals surface area contributed by atoms with Gasteiger partial charge in [-0.3, -0.25) is 0 Å². The van der Waals surface area contributed by atoms with E-state index >= 15 is 0 Å². The van der Waals surface area contributed by atoms with Gasteiger partial charge in [0.15, 0.2) is 0 Å². The summed E-state index contributed by atoms with van der Waals surface area (Å²) in [6.07, 6.45) is 2.80. The van der Waals surface area contributed by atoms with Crippen molar-refractivity contribution in [2.45, 2.75) is 6.42 Å². The fourth-order valence-corrected chi connectivity index (χ4v) is 2.77. The standard InChI is InChI=1S/C19H14O/c1-2-6-14(7-3-1)12-16-13-20-19-17-9-5-4-8-15(17)10-11-18(16)19/h1-11,13H,12H2. The van der Waals surface area contributed by atoms with E-state index in [2.05, 4.69) is 60.7 Å². The smallest absolute Gasteiger partial charge is 0.141 e. The van der Waals surface area contributed by atoms with Crippen LogP contribution < -0.4 is 0 Å². The maximum Gasteiger partial charge on any atom is 0.141 e. The predicted octanol–water partition coefficient (Wildman–Crippen LogP) is 5.18. The van der Waals surface area contributed by atoms with Crippen LogP contribution in [0.4, 0.5) is 0 Å². The van der Waals surface area contributed by atoms with Crippen molar-refractivity contribution in [1.29, 1.82) is 0 Å². The Bertz CT molecular complexity index is 872. The van der Waals surface area contributed by atoms with E-state index in [-0.39, 0.29) is 0 Å². The minimum atomic E-state index is 0.909. The first kappa shape index (κ1) is 11.3. The number of hydrogen-bond donors (Lipinski definition) is 0. The third-order valence-electron chi connectivity index (χ3n) is 3.78. The van der Waals surface area contributed by atoms with E-state index in [9.17, 15) is 0 Å². The van der Waals surface area contributed by atoms with Gasteiger partial charge in [0.1, 0.15) is 5.58 Å². The molecule has 0 amide bonds. The van der Waals surface area contributed by atoms with Crippen molar-refractivity contribution in [2.75, 3.05) is 0 Å². The first-order valence-electron chi connectivity index (χ1n) is 6.83. The molecule has 1 heteroatoms. The molecule has 0 N–H and O–H groups in total. The van der Waals surface area contributed by atoms with Crippen LogP contribution in [0, 0.1) is 0 Å². The molecule has 0 aliphatic heterocycles. The zero-order valence-electron chi connectivity index (χ0n) is 11.0.